The third-order valence-corrected chi connectivity index (χ3v) is 2.07. The highest BCUT2D eigenvalue weighted by Gasteiger charge is 2.11. The average Bonchev–Trinajstić information content (AvgIpc) is 2.58. The molecule has 1 heterocycles. The second-order valence-corrected chi connectivity index (χ2v) is 3.20. The lowest BCUT2D eigenvalue weighted by Gasteiger charge is -2.02. The highest BCUT2D eigenvalue weighted by atomic mass is 19.2. The van der Waals surface area contributed by atoms with Crippen LogP contribution in [0, 0.1) is 18.6 Å². The molecule has 1 aromatic carbocycles. The van der Waals surface area contributed by atoms with E-state index in [1.807, 2.05) is 0 Å². The summed E-state index contributed by atoms with van der Waals surface area (Å²) in [6, 6.07) is 3.64. The number of nitrogen functional groups attached to an aromatic ring is 1. The minimum atomic E-state index is -0.919. The maximum atomic E-state index is 13.0. The van der Waals surface area contributed by atoms with Crippen molar-refractivity contribution in [2.45, 2.75) is 6.92 Å². The quantitative estimate of drug-likeness (QED) is 0.786. The molecule has 0 atom stereocenters. The van der Waals surface area contributed by atoms with E-state index in [1.54, 1.807) is 6.92 Å². The molecule has 0 aliphatic rings. The van der Waals surface area contributed by atoms with Crippen molar-refractivity contribution >= 4 is 5.88 Å². The number of nitrogens with two attached hydrogens (primary N) is 1. The summed E-state index contributed by atoms with van der Waals surface area (Å²) in [5.41, 5.74) is 6.77. The number of hydrogen-bond acceptors (Lipinski definition) is 3. The Morgan fingerprint density at radius 2 is 1.87 bits per heavy atom. The van der Waals surface area contributed by atoms with Crippen molar-refractivity contribution in [2.24, 2.45) is 0 Å². The predicted molar refractivity (Wildman–Crippen MR) is 51.0 cm³/mol. The predicted octanol–water partition coefficient (Wildman–Crippen LogP) is 2.51. The average molecular weight is 210 g/mol. The summed E-state index contributed by atoms with van der Waals surface area (Å²) >= 11 is 0. The van der Waals surface area contributed by atoms with Gasteiger partial charge in [-0.15, -0.1) is 0 Å². The van der Waals surface area contributed by atoms with Gasteiger partial charge in [0.2, 0.25) is 5.88 Å². The second-order valence-electron chi connectivity index (χ2n) is 3.20. The first-order valence-electron chi connectivity index (χ1n) is 4.26. The molecule has 0 aliphatic carbocycles. The maximum absolute atomic E-state index is 13.0. The molecule has 1 aromatic heterocycles. The van der Waals surface area contributed by atoms with Crippen molar-refractivity contribution < 1.29 is 13.3 Å². The van der Waals surface area contributed by atoms with E-state index in [4.69, 9.17) is 5.73 Å². The molecule has 0 aliphatic heterocycles. The number of aromatic nitrogens is 1. The molecule has 0 unspecified atom stereocenters. The van der Waals surface area contributed by atoms with Crippen LogP contribution in [0.3, 0.4) is 0 Å². The third-order valence-electron chi connectivity index (χ3n) is 2.07. The van der Waals surface area contributed by atoms with Gasteiger partial charge in [0.1, 0.15) is 5.69 Å². The fourth-order valence-corrected chi connectivity index (χ4v) is 1.34. The van der Waals surface area contributed by atoms with Crippen molar-refractivity contribution in [1.82, 2.24) is 5.16 Å². The van der Waals surface area contributed by atoms with E-state index < -0.39 is 11.6 Å². The van der Waals surface area contributed by atoms with Gasteiger partial charge in [-0.3, -0.25) is 0 Å². The number of halogens is 2. The first-order chi connectivity index (χ1) is 7.08. The van der Waals surface area contributed by atoms with E-state index in [2.05, 4.69) is 9.68 Å². The Morgan fingerprint density at radius 3 is 2.47 bits per heavy atom. The zero-order chi connectivity index (χ0) is 11.0. The normalized spacial score (nSPS) is 10.6. The number of benzene rings is 1. The first kappa shape index (κ1) is 9.64. The minimum Gasteiger partial charge on any atom is -0.368 e. The summed E-state index contributed by atoms with van der Waals surface area (Å²) < 4.78 is 30.5. The van der Waals surface area contributed by atoms with Gasteiger partial charge in [0, 0.05) is 11.6 Å². The second kappa shape index (κ2) is 3.34. The Balaban J connectivity index is 2.58. The van der Waals surface area contributed by atoms with Gasteiger partial charge in [-0.05, 0) is 24.6 Å². The molecule has 3 nitrogen and oxygen atoms in total. The van der Waals surface area contributed by atoms with Gasteiger partial charge >= 0.3 is 0 Å². The fourth-order valence-electron chi connectivity index (χ4n) is 1.34. The zero-order valence-corrected chi connectivity index (χ0v) is 7.92. The molecule has 0 saturated heterocycles. The summed E-state index contributed by atoms with van der Waals surface area (Å²) in [5, 5.41) is 3.63. The van der Waals surface area contributed by atoms with Crippen molar-refractivity contribution in [3.8, 4) is 11.3 Å². The Bertz CT molecular complexity index is 508. The smallest absolute Gasteiger partial charge is 0.222 e. The first-order valence-corrected chi connectivity index (χ1v) is 4.26. The van der Waals surface area contributed by atoms with Gasteiger partial charge < -0.3 is 10.3 Å². The third kappa shape index (κ3) is 1.68. The molecule has 0 radical (unpaired) electrons. The molecule has 2 N–H and O–H groups in total. The number of aryl methyl sites for hydroxylation is 1. The van der Waals surface area contributed by atoms with Crippen LogP contribution in [0.15, 0.2) is 22.7 Å². The fraction of sp³-hybridized carbons (Fsp3) is 0.100. The Morgan fingerprint density at radius 1 is 1.20 bits per heavy atom. The van der Waals surface area contributed by atoms with Gasteiger partial charge in [-0.2, -0.15) is 0 Å². The van der Waals surface area contributed by atoms with Crippen LogP contribution >= 0.6 is 0 Å². The summed E-state index contributed by atoms with van der Waals surface area (Å²) in [5.74, 6) is -1.67. The van der Waals surface area contributed by atoms with E-state index in [1.165, 1.54) is 6.07 Å². The van der Waals surface area contributed by atoms with E-state index in [0.29, 0.717) is 16.8 Å². The maximum Gasteiger partial charge on any atom is 0.222 e. The van der Waals surface area contributed by atoms with Gasteiger partial charge in [-0.25, -0.2) is 8.78 Å². The molecule has 78 valence electrons. The van der Waals surface area contributed by atoms with Crippen LogP contribution in [-0.4, -0.2) is 5.16 Å². The molecule has 2 aromatic rings. The minimum absolute atomic E-state index is 0.133. The number of rotatable bonds is 1. The van der Waals surface area contributed by atoms with Crippen molar-refractivity contribution in [3.05, 3.63) is 35.4 Å². The highest BCUT2D eigenvalue weighted by Crippen LogP contribution is 2.25. The van der Waals surface area contributed by atoms with E-state index in [9.17, 15) is 8.78 Å². The Kier molecular flexibility index (Phi) is 2.15. The van der Waals surface area contributed by atoms with Crippen LogP contribution in [0.5, 0.6) is 0 Å². The summed E-state index contributed by atoms with van der Waals surface area (Å²) in [7, 11) is 0. The molecule has 0 fully saturated rings. The van der Waals surface area contributed by atoms with Crippen LogP contribution in [0.25, 0.3) is 11.3 Å². The van der Waals surface area contributed by atoms with Crippen LogP contribution < -0.4 is 5.73 Å². The Labute approximate surface area is 84.5 Å². The molecule has 15 heavy (non-hydrogen) atoms. The van der Waals surface area contributed by atoms with Crippen LogP contribution in [0.2, 0.25) is 0 Å². The molecular weight excluding hydrogens is 202 g/mol. The molecular formula is C10H8F2N2O. The van der Waals surface area contributed by atoms with E-state index in [-0.39, 0.29) is 5.88 Å². The summed E-state index contributed by atoms with van der Waals surface area (Å²) in [6.07, 6.45) is 0. The topological polar surface area (TPSA) is 52.0 Å². The monoisotopic (exact) mass is 210 g/mol. The van der Waals surface area contributed by atoms with Crippen molar-refractivity contribution in [3.63, 3.8) is 0 Å². The van der Waals surface area contributed by atoms with Crippen LogP contribution in [-0.2, 0) is 0 Å². The van der Waals surface area contributed by atoms with Crippen LogP contribution in [0.4, 0.5) is 14.7 Å². The molecule has 0 bridgehead atoms. The highest BCUT2D eigenvalue weighted by molar-refractivity contribution is 5.65. The zero-order valence-electron chi connectivity index (χ0n) is 7.92. The van der Waals surface area contributed by atoms with Gasteiger partial charge in [-0.1, -0.05) is 5.16 Å². The lowest BCUT2D eigenvalue weighted by Crippen LogP contribution is -1.90. The van der Waals surface area contributed by atoms with Gasteiger partial charge in [0.25, 0.3) is 0 Å². The Hall–Kier alpha value is -1.91. The van der Waals surface area contributed by atoms with Crippen molar-refractivity contribution in [2.75, 3.05) is 5.73 Å². The summed E-state index contributed by atoms with van der Waals surface area (Å²) in [4.78, 5) is 0. The number of nitrogens with zero attached hydrogens (tertiary/aromatic N) is 1. The van der Waals surface area contributed by atoms with E-state index in [0.717, 1.165) is 12.1 Å². The number of anilines is 1. The summed E-state index contributed by atoms with van der Waals surface area (Å²) in [6.45, 7) is 1.66. The SMILES string of the molecule is Cc1cc(F)c(F)cc1-c1cc(N)on1. The molecule has 5 heteroatoms. The molecule has 0 amide bonds. The van der Waals surface area contributed by atoms with Crippen molar-refractivity contribution in [1.29, 1.82) is 0 Å². The lowest BCUT2D eigenvalue weighted by molar-refractivity contribution is 0.439. The number of hydrogen-bond donors (Lipinski definition) is 1. The molecule has 0 spiro atoms. The molecule has 0 saturated carbocycles. The standard InChI is InChI=1S/C10H8F2N2O/c1-5-2-7(11)8(12)3-6(5)9-4-10(13)15-14-9/h2-4H,13H2,1H3. The van der Waals surface area contributed by atoms with Gasteiger partial charge in [0.15, 0.2) is 11.6 Å². The van der Waals surface area contributed by atoms with Crippen LogP contribution in [0.1, 0.15) is 5.56 Å². The lowest BCUT2D eigenvalue weighted by atomic mass is 10.1. The van der Waals surface area contributed by atoms with E-state index >= 15 is 0 Å². The largest absolute Gasteiger partial charge is 0.368 e. The van der Waals surface area contributed by atoms with Gasteiger partial charge in [0.05, 0.1) is 0 Å². The molecule has 2 rings (SSSR count).